The number of benzene rings is 2. The van der Waals surface area contributed by atoms with Gasteiger partial charge in [0.15, 0.2) is 11.5 Å². The van der Waals surface area contributed by atoms with Crippen molar-refractivity contribution >= 4 is 22.5 Å². The fourth-order valence-corrected chi connectivity index (χ4v) is 3.80. The van der Waals surface area contributed by atoms with Gasteiger partial charge in [0.2, 0.25) is 5.75 Å². The minimum atomic E-state index is -0.177. The normalized spacial score (nSPS) is 10.9. The van der Waals surface area contributed by atoms with Crippen LogP contribution in [0.4, 0.5) is 5.69 Å². The standard InChI is InChI=1S/C23H25N5O4/c1-26-13-16(18-7-5-6-8-19(18)26)14-27(22(29)15-28-24-9-10-25-28)17-11-20(30-2)23(32-4)21(12-17)31-3/h5-13H,14-15H2,1-4H3. The van der Waals surface area contributed by atoms with Crippen LogP contribution in [-0.2, 0) is 24.9 Å². The maximum absolute atomic E-state index is 13.4. The van der Waals surface area contributed by atoms with Gasteiger partial charge in [-0.2, -0.15) is 15.0 Å². The summed E-state index contributed by atoms with van der Waals surface area (Å²) in [5, 5.41) is 9.23. The SMILES string of the molecule is COc1cc(N(Cc2cn(C)c3ccccc23)C(=O)Cn2nccn2)cc(OC)c1OC. The highest BCUT2D eigenvalue weighted by Gasteiger charge is 2.23. The van der Waals surface area contributed by atoms with Crippen molar-refractivity contribution in [1.29, 1.82) is 0 Å². The molecule has 2 heterocycles. The number of hydrogen-bond acceptors (Lipinski definition) is 6. The molecule has 0 saturated carbocycles. The zero-order chi connectivity index (χ0) is 22.7. The van der Waals surface area contributed by atoms with Crippen LogP contribution in [0.1, 0.15) is 5.56 Å². The van der Waals surface area contributed by atoms with Crippen molar-refractivity contribution in [1.82, 2.24) is 19.6 Å². The number of fused-ring (bicyclic) bond motifs is 1. The van der Waals surface area contributed by atoms with Gasteiger partial charge < -0.3 is 23.7 Å². The van der Waals surface area contributed by atoms with Crippen molar-refractivity contribution in [2.24, 2.45) is 7.05 Å². The summed E-state index contributed by atoms with van der Waals surface area (Å²) in [6.45, 7) is 0.342. The molecule has 9 heteroatoms. The van der Waals surface area contributed by atoms with Crippen LogP contribution in [0.15, 0.2) is 55.0 Å². The van der Waals surface area contributed by atoms with Gasteiger partial charge in [0, 0.05) is 36.3 Å². The van der Waals surface area contributed by atoms with Crippen LogP contribution in [0.3, 0.4) is 0 Å². The minimum Gasteiger partial charge on any atom is -0.493 e. The first kappa shape index (κ1) is 21.2. The molecule has 2 aromatic carbocycles. The fraction of sp³-hybridized carbons (Fsp3) is 0.261. The molecule has 32 heavy (non-hydrogen) atoms. The number of amides is 1. The van der Waals surface area contributed by atoms with E-state index in [1.807, 2.05) is 25.4 Å². The summed E-state index contributed by atoms with van der Waals surface area (Å²) in [5.41, 5.74) is 2.72. The Morgan fingerprint density at radius 1 is 1.00 bits per heavy atom. The van der Waals surface area contributed by atoms with Gasteiger partial charge in [0.25, 0.3) is 5.91 Å². The number of nitrogens with zero attached hydrogens (tertiary/aromatic N) is 5. The Morgan fingerprint density at radius 2 is 1.66 bits per heavy atom. The molecule has 0 unspecified atom stereocenters. The summed E-state index contributed by atoms with van der Waals surface area (Å²) in [5.74, 6) is 1.22. The number of methoxy groups -OCH3 is 3. The molecule has 0 spiro atoms. The lowest BCUT2D eigenvalue weighted by molar-refractivity contribution is -0.119. The van der Waals surface area contributed by atoms with E-state index < -0.39 is 0 Å². The van der Waals surface area contributed by atoms with Crippen LogP contribution in [0.2, 0.25) is 0 Å². The van der Waals surface area contributed by atoms with Crippen LogP contribution >= 0.6 is 0 Å². The number of anilines is 1. The predicted octanol–water partition coefficient (Wildman–Crippen LogP) is 3.03. The molecule has 4 rings (SSSR count). The average Bonchev–Trinajstić information content (AvgIpc) is 3.44. The number of aromatic nitrogens is 4. The number of para-hydroxylation sites is 1. The maximum atomic E-state index is 13.4. The number of rotatable bonds is 8. The summed E-state index contributed by atoms with van der Waals surface area (Å²) < 4.78 is 18.5. The first-order valence-electron chi connectivity index (χ1n) is 10.0. The van der Waals surface area contributed by atoms with Crippen LogP contribution in [0.25, 0.3) is 10.9 Å². The molecule has 166 valence electrons. The van der Waals surface area contributed by atoms with E-state index in [1.165, 1.54) is 4.80 Å². The lowest BCUT2D eigenvalue weighted by Gasteiger charge is -2.24. The van der Waals surface area contributed by atoms with Crippen molar-refractivity contribution in [2.75, 3.05) is 26.2 Å². The third-order valence-corrected chi connectivity index (χ3v) is 5.31. The van der Waals surface area contributed by atoms with Gasteiger partial charge in [0.1, 0.15) is 6.54 Å². The van der Waals surface area contributed by atoms with Gasteiger partial charge in [-0.25, -0.2) is 0 Å². The topological polar surface area (TPSA) is 83.6 Å². The fourth-order valence-electron chi connectivity index (χ4n) is 3.80. The molecule has 0 aliphatic carbocycles. The zero-order valence-electron chi connectivity index (χ0n) is 18.5. The van der Waals surface area contributed by atoms with Crippen molar-refractivity contribution < 1.29 is 19.0 Å². The van der Waals surface area contributed by atoms with Gasteiger partial charge in [-0.3, -0.25) is 4.79 Å². The molecule has 0 saturated heterocycles. The summed E-state index contributed by atoms with van der Waals surface area (Å²) in [4.78, 5) is 16.5. The lowest BCUT2D eigenvalue weighted by Crippen LogP contribution is -2.34. The smallest absolute Gasteiger partial charge is 0.250 e. The molecule has 0 radical (unpaired) electrons. The summed E-state index contributed by atoms with van der Waals surface area (Å²) in [7, 11) is 6.63. The molecular weight excluding hydrogens is 410 g/mol. The van der Waals surface area contributed by atoms with Crippen LogP contribution in [0, 0.1) is 0 Å². The Hall–Kier alpha value is -4.01. The highest BCUT2D eigenvalue weighted by atomic mass is 16.5. The number of hydrogen-bond donors (Lipinski definition) is 0. The quantitative estimate of drug-likeness (QED) is 0.423. The van der Waals surface area contributed by atoms with E-state index in [4.69, 9.17) is 14.2 Å². The lowest BCUT2D eigenvalue weighted by atomic mass is 10.1. The molecule has 1 amide bonds. The van der Waals surface area contributed by atoms with Crippen molar-refractivity contribution in [3.63, 3.8) is 0 Å². The van der Waals surface area contributed by atoms with E-state index in [-0.39, 0.29) is 12.5 Å². The Balaban J connectivity index is 1.80. The first-order chi connectivity index (χ1) is 15.5. The molecule has 9 nitrogen and oxygen atoms in total. The molecule has 0 fully saturated rings. The highest BCUT2D eigenvalue weighted by Crippen LogP contribution is 2.41. The number of ether oxygens (including phenoxy) is 3. The van der Waals surface area contributed by atoms with Gasteiger partial charge in [0.05, 0.1) is 46.0 Å². The third kappa shape index (κ3) is 3.96. The average molecular weight is 435 g/mol. The summed E-state index contributed by atoms with van der Waals surface area (Å²) >= 11 is 0. The molecule has 2 aromatic heterocycles. The van der Waals surface area contributed by atoms with Crippen LogP contribution in [0.5, 0.6) is 17.2 Å². The van der Waals surface area contributed by atoms with Crippen molar-refractivity contribution in [2.45, 2.75) is 13.1 Å². The van der Waals surface area contributed by atoms with Crippen LogP contribution < -0.4 is 19.1 Å². The molecular formula is C23H25N5O4. The van der Waals surface area contributed by atoms with Crippen molar-refractivity contribution in [3.05, 3.63) is 60.6 Å². The number of carbonyl (C=O) groups is 1. The molecule has 0 bridgehead atoms. The van der Waals surface area contributed by atoms with Gasteiger partial charge in [-0.1, -0.05) is 18.2 Å². The predicted molar refractivity (Wildman–Crippen MR) is 120 cm³/mol. The second kappa shape index (κ2) is 9.01. The van der Waals surface area contributed by atoms with E-state index in [0.717, 1.165) is 16.5 Å². The second-order valence-electron chi connectivity index (χ2n) is 7.21. The Bertz CT molecular complexity index is 1210. The summed E-state index contributed by atoms with van der Waals surface area (Å²) in [6, 6.07) is 11.6. The highest BCUT2D eigenvalue weighted by molar-refractivity contribution is 5.95. The monoisotopic (exact) mass is 435 g/mol. The minimum absolute atomic E-state index is 0.00553. The van der Waals surface area contributed by atoms with Crippen LogP contribution in [-0.4, -0.2) is 46.8 Å². The van der Waals surface area contributed by atoms with E-state index in [1.54, 1.807) is 50.8 Å². The van der Waals surface area contributed by atoms with E-state index >= 15 is 0 Å². The molecule has 0 N–H and O–H groups in total. The van der Waals surface area contributed by atoms with Gasteiger partial charge in [-0.05, 0) is 11.6 Å². The van der Waals surface area contributed by atoms with E-state index in [9.17, 15) is 4.79 Å². The van der Waals surface area contributed by atoms with E-state index in [2.05, 4.69) is 26.9 Å². The third-order valence-electron chi connectivity index (χ3n) is 5.31. The van der Waals surface area contributed by atoms with Crippen molar-refractivity contribution in [3.8, 4) is 17.2 Å². The molecule has 4 aromatic rings. The number of aryl methyl sites for hydroxylation is 1. The molecule has 0 aliphatic rings. The van der Waals surface area contributed by atoms with Gasteiger partial charge in [-0.15, -0.1) is 0 Å². The summed E-state index contributed by atoms with van der Waals surface area (Å²) in [6.07, 6.45) is 5.12. The largest absolute Gasteiger partial charge is 0.493 e. The maximum Gasteiger partial charge on any atom is 0.250 e. The molecule has 0 atom stereocenters. The second-order valence-corrected chi connectivity index (χ2v) is 7.21. The van der Waals surface area contributed by atoms with E-state index in [0.29, 0.717) is 29.5 Å². The Morgan fingerprint density at radius 3 is 2.28 bits per heavy atom. The Kier molecular flexibility index (Phi) is 5.98. The number of carbonyl (C=O) groups excluding carboxylic acids is 1. The zero-order valence-corrected chi connectivity index (χ0v) is 18.5. The molecule has 0 aliphatic heterocycles. The Labute approximate surface area is 185 Å². The van der Waals surface area contributed by atoms with Gasteiger partial charge >= 0.3 is 0 Å². The first-order valence-corrected chi connectivity index (χ1v) is 10.0.